The molecular formula is C17H25N3O2. The third-order valence-electron chi connectivity index (χ3n) is 5.73. The van der Waals surface area contributed by atoms with E-state index in [0.717, 1.165) is 44.1 Å². The summed E-state index contributed by atoms with van der Waals surface area (Å²) < 4.78 is 5.52. The van der Waals surface area contributed by atoms with Gasteiger partial charge in [-0.1, -0.05) is 30.8 Å². The van der Waals surface area contributed by atoms with E-state index in [1.165, 1.54) is 38.5 Å². The summed E-state index contributed by atoms with van der Waals surface area (Å²) in [7, 11) is 0. The maximum absolute atomic E-state index is 12.5. The minimum absolute atomic E-state index is 0.244. The van der Waals surface area contributed by atoms with Crippen LogP contribution in [0.3, 0.4) is 0 Å². The van der Waals surface area contributed by atoms with Crippen LogP contribution in [0.5, 0.6) is 0 Å². The molecule has 0 spiro atoms. The molecule has 1 atom stereocenters. The Morgan fingerprint density at radius 3 is 2.50 bits per heavy atom. The lowest BCUT2D eigenvalue weighted by Gasteiger charge is -2.19. The predicted octanol–water partition coefficient (Wildman–Crippen LogP) is 3.23. The first-order chi connectivity index (χ1) is 10.8. The molecule has 0 aromatic carbocycles. The average Bonchev–Trinajstić information content (AvgIpc) is 3.35. The molecule has 0 N–H and O–H groups in total. The number of likely N-dealkylation sites (tertiary alicyclic amines) is 1. The van der Waals surface area contributed by atoms with Crippen molar-refractivity contribution in [3.8, 4) is 0 Å². The second-order valence-electron chi connectivity index (χ2n) is 7.22. The summed E-state index contributed by atoms with van der Waals surface area (Å²) in [5.41, 5.74) is 0. The van der Waals surface area contributed by atoms with Crippen molar-refractivity contribution in [3.05, 3.63) is 11.7 Å². The van der Waals surface area contributed by atoms with Gasteiger partial charge in [-0.15, -0.1) is 0 Å². The molecule has 1 aromatic rings. The Hall–Kier alpha value is -1.39. The molecular weight excluding hydrogens is 278 g/mol. The van der Waals surface area contributed by atoms with E-state index in [9.17, 15) is 4.79 Å². The lowest BCUT2D eigenvalue weighted by atomic mass is 10.1. The summed E-state index contributed by atoms with van der Waals surface area (Å²) in [6.45, 7) is 1.61. The second kappa shape index (κ2) is 6.01. The largest absolute Gasteiger partial charge is 0.342 e. The number of nitrogens with zero attached hydrogens (tertiary/aromatic N) is 3. The fourth-order valence-electron chi connectivity index (χ4n) is 4.36. The molecule has 4 rings (SSSR count). The van der Waals surface area contributed by atoms with E-state index in [1.807, 2.05) is 4.90 Å². The number of hydrogen-bond donors (Lipinski definition) is 0. The number of hydrogen-bond acceptors (Lipinski definition) is 4. The highest BCUT2D eigenvalue weighted by atomic mass is 16.5. The molecule has 1 amide bonds. The first kappa shape index (κ1) is 14.2. The lowest BCUT2D eigenvalue weighted by molar-refractivity contribution is -0.134. The number of aromatic nitrogens is 2. The first-order valence-corrected chi connectivity index (χ1v) is 8.93. The molecule has 2 heterocycles. The van der Waals surface area contributed by atoms with E-state index >= 15 is 0 Å². The van der Waals surface area contributed by atoms with Crippen molar-refractivity contribution in [3.63, 3.8) is 0 Å². The minimum atomic E-state index is 0.244. The standard InChI is InChI=1S/C17H25N3O2/c21-17(13-7-3-4-8-13)20-10-9-14(11-20)16-18-15(19-22-16)12-5-1-2-6-12/h12-14H,1-11H2. The van der Waals surface area contributed by atoms with E-state index in [-0.39, 0.29) is 11.8 Å². The van der Waals surface area contributed by atoms with Gasteiger partial charge in [-0.05, 0) is 32.1 Å². The molecule has 0 radical (unpaired) electrons. The second-order valence-corrected chi connectivity index (χ2v) is 7.22. The van der Waals surface area contributed by atoms with Crippen LogP contribution in [-0.2, 0) is 4.79 Å². The van der Waals surface area contributed by atoms with E-state index in [1.54, 1.807) is 0 Å². The van der Waals surface area contributed by atoms with Gasteiger partial charge in [0.25, 0.3) is 0 Å². The minimum Gasteiger partial charge on any atom is -0.342 e. The molecule has 1 unspecified atom stereocenters. The zero-order valence-electron chi connectivity index (χ0n) is 13.2. The SMILES string of the molecule is O=C(C1CCCC1)N1CCC(c2nc(C3CCCC3)no2)C1. The van der Waals surface area contributed by atoms with Gasteiger partial charge in [0.1, 0.15) is 0 Å². The maximum Gasteiger partial charge on any atom is 0.231 e. The van der Waals surface area contributed by atoms with Crippen molar-refractivity contribution in [1.82, 2.24) is 15.0 Å². The van der Waals surface area contributed by atoms with E-state index in [0.29, 0.717) is 11.8 Å². The van der Waals surface area contributed by atoms with Crippen molar-refractivity contribution < 1.29 is 9.32 Å². The zero-order chi connectivity index (χ0) is 14.9. The van der Waals surface area contributed by atoms with Crippen LogP contribution in [-0.4, -0.2) is 34.0 Å². The van der Waals surface area contributed by atoms with Crippen LogP contribution in [0.2, 0.25) is 0 Å². The Morgan fingerprint density at radius 1 is 1.00 bits per heavy atom. The third kappa shape index (κ3) is 2.66. The van der Waals surface area contributed by atoms with E-state index < -0.39 is 0 Å². The van der Waals surface area contributed by atoms with Crippen LogP contribution in [0.4, 0.5) is 0 Å². The number of amides is 1. The van der Waals surface area contributed by atoms with Gasteiger partial charge in [-0.25, -0.2) is 0 Å². The van der Waals surface area contributed by atoms with Crippen LogP contribution in [0, 0.1) is 5.92 Å². The van der Waals surface area contributed by atoms with Gasteiger partial charge in [0.05, 0.1) is 5.92 Å². The molecule has 22 heavy (non-hydrogen) atoms. The predicted molar refractivity (Wildman–Crippen MR) is 81.4 cm³/mol. The fraction of sp³-hybridized carbons (Fsp3) is 0.824. The van der Waals surface area contributed by atoms with Gasteiger partial charge < -0.3 is 9.42 Å². The Bertz CT molecular complexity index is 530. The molecule has 120 valence electrons. The molecule has 1 aliphatic heterocycles. The summed E-state index contributed by atoms with van der Waals surface area (Å²) in [6.07, 6.45) is 10.5. The quantitative estimate of drug-likeness (QED) is 0.860. The van der Waals surface area contributed by atoms with Crippen LogP contribution in [0.1, 0.15) is 81.3 Å². The van der Waals surface area contributed by atoms with Gasteiger partial charge in [0.15, 0.2) is 5.82 Å². The van der Waals surface area contributed by atoms with Gasteiger partial charge in [-0.2, -0.15) is 4.98 Å². The number of carbonyl (C=O) groups excluding carboxylic acids is 1. The maximum atomic E-state index is 12.5. The van der Waals surface area contributed by atoms with Crippen molar-refractivity contribution >= 4 is 5.91 Å². The Morgan fingerprint density at radius 2 is 1.73 bits per heavy atom. The molecule has 1 saturated heterocycles. The normalized spacial score (nSPS) is 27.1. The lowest BCUT2D eigenvalue weighted by Crippen LogP contribution is -2.33. The molecule has 5 nitrogen and oxygen atoms in total. The number of rotatable bonds is 3. The average molecular weight is 303 g/mol. The fourth-order valence-corrected chi connectivity index (χ4v) is 4.36. The smallest absolute Gasteiger partial charge is 0.231 e. The third-order valence-corrected chi connectivity index (χ3v) is 5.73. The van der Waals surface area contributed by atoms with Crippen molar-refractivity contribution in [1.29, 1.82) is 0 Å². The van der Waals surface area contributed by atoms with Gasteiger partial charge in [0.2, 0.25) is 11.8 Å². The number of carbonyl (C=O) groups is 1. The Balaban J connectivity index is 1.38. The van der Waals surface area contributed by atoms with Crippen LogP contribution < -0.4 is 0 Å². The van der Waals surface area contributed by atoms with Crippen LogP contribution in [0.15, 0.2) is 4.52 Å². The molecule has 3 fully saturated rings. The summed E-state index contributed by atoms with van der Waals surface area (Å²) in [5.74, 6) is 3.02. The van der Waals surface area contributed by atoms with E-state index in [4.69, 9.17) is 4.52 Å². The van der Waals surface area contributed by atoms with Gasteiger partial charge >= 0.3 is 0 Å². The summed E-state index contributed by atoms with van der Waals surface area (Å²) >= 11 is 0. The molecule has 2 saturated carbocycles. The van der Waals surface area contributed by atoms with Crippen LogP contribution >= 0.6 is 0 Å². The molecule has 2 aliphatic carbocycles. The molecule has 0 bridgehead atoms. The summed E-state index contributed by atoms with van der Waals surface area (Å²) in [5, 5.41) is 4.20. The van der Waals surface area contributed by atoms with Crippen molar-refractivity contribution in [2.75, 3.05) is 13.1 Å². The zero-order valence-corrected chi connectivity index (χ0v) is 13.2. The first-order valence-electron chi connectivity index (χ1n) is 8.93. The highest BCUT2D eigenvalue weighted by molar-refractivity contribution is 5.79. The monoisotopic (exact) mass is 303 g/mol. The molecule has 5 heteroatoms. The molecule has 1 aromatic heterocycles. The van der Waals surface area contributed by atoms with Crippen molar-refractivity contribution in [2.24, 2.45) is 5.92 Å². The van der Waals surface area contributed by atoms with Gasteiger partial charge in [0, 0.05) is 24.9 Å². The van der Waals surface area contributed by atoms with Gasteiger partial charge in [-0.3, -0.25) is 4.79 Å². The summed E-state index contributed by atoms with van der Waals surface area (Å²) in [6, 6.07) is 0. The molecule has 3 aliphatic rings. The van der Waals surface area contributed by atoms with Crippen molar-refractivity contribution in [2.45, 2.75) is 69.6 Å². The highest BCUT2D eigenvalue weighted by Gasteiger charge is 2.35. The Kier molecular flexibility index (Phi) is 3.89. The van der Waals surface area contributed by atoms with E-state index in [2.05, 4.69) is 10.1 Å². The topological polar surface area (TPSA) is 59.2 Å². The Labute approximate surface area is 131 Å². The van der Waals surface area contributed by atoms with Crippen LogP contribution in [0.25, 0.3) is 0 Å². The summed E-state index contributed by atoms with van der Waals surface area (Å²) in [4.78, 5) is 19.2. The highest BCUT2D eigenvalue weighted by Crippen LogP contribution is 2.35.